The molecule has 1 aliphatic heterocycles. The van der Waals surface area contributed by atoms with Gasteiger partial charge in [0.15, 0.2) is 0 Å². The molecule has 0 radical (unpaired) electrons. The van der Waals surface area contributed by atoms with Gasteiger partial charge < -0.3 is 10.6 Å². The zero-order valence-corrected chi connectivity index (χ0v) is 11.7. The van der Waals surface area contributed by atoms with Gasteiger partial charge in [0.1, 0.15) is 0 Å². The van der Waals surface area contributed by atoms with E-state index in [0.717, 1.165) is 29.7 Å². The van der Waals surface area contributed by atoms with E-state index in [9.17, 15) is 0 Å². The number of rotatable bonds is 0. The van der Waals surface area contributed by atoms with Gasteiger partial charge in [-0.15, -0.1) is 0 Å². The molecule has 1 fully saturated rings. The Morgan fingerprint density at radius 3 is 2.50 bits per heavy atom. The smallest absolute Gasteiger partial charge is 0.0591 e. The summed E-state index contributed by atoms with van der Waals surface area (Å²) in [5.41, 5.74) is 2.77. The van der Waals surface area contributed by atoms with Crippen molar-refractivity contribution in [3.8, 4) is 0 Å². The minimum atomic E-state index is 0.429. The van der Waals surface area contributed by atoms with Crippen LogP contribution in [0.4, 0.5) is 11.4 Å². The average molecular weight is 265 g/mol. The first-order valence-corrected chi connectivity index (χ1v) is 7.32. The van der Waals surface area contributed by atoms with Crippen molar-refractivity contribution in [2.75, 3.05) is 23.7 Å². The molecule has 1 aromatic carbocycles. The summed E-state index contributed by atoms with van der Waals surface area (Å²) in [6.45, 7) is 4.53. The lowest BCUT2D eigenvalue weighted by atomic mass is 9.71. The van der Waals surface area contributed by atoms with E-state index in [-0.39, 0.29) is 0 Å². The zero-order valence-electron chi connectivity index (χ0n) is 10.9. The average Bonchev–Trinajstić information content (AvgIpc) is 2.54. The molecule has 3 rings (SSSR count). The van der Waals surface area contributed by atoms with Crippen LogP contribution in [0.3, 0.4) is 0 Å². The standard InChI is InChI=1S/C15H21ClN2/c1-11-4-6-15(7-5-11)9-17-13-3-2-12(16)8-14(13)18-10-15/h2-3,8,11,17-18H,4-7,9-10H2,1H3. The van der Waals surface area contributed by atoms with Gasteiger partial charge in [-0.05, 0) is 37.0 Å². The van der Waals surface area contributed by atoms with E-state index in [4.69, 9.17) is 11.6 Å². The lowest BCUT2D eigenvalue weighted by Gasteiger charge is -2.38. The summed E-state index contributed by atoms with van der Waals surface area (Å²) in [6, 6.07) is 6.06. The lowest BCUT2D eigenvalue weighted by molar-refractivity contribution is 0.185. The third kappa shape index (κ3) is 2.31. The molecule has 0 saturated heterocycles. The topological polar surface area (TPSA) is 24.1 Å². The first-order valence-electron chi connectivity index (χ1n) is 6.94. The van der Waals surface area contributed by atoms with E-state index >= 15 is 0 Å². The molecule has 2 N–H and O–H groups in total. The Bertz CT molecular complexity index is 436. The largest absolute Gasteiger partial charge is 0.383 e. The summed E-state index contributed by atoms with van der Waals surface area (Å²) in [5, 5.41) is 8.00. The van der Waals surface area contributed by atoms with E-state index in [1.54, 1.807) is 0 Å². The van der Waals surface area contributed by atoms with Crippen molar-refractivity contribution in [3.63, 3.8) is 0 Å². The summed E-state index contributed by atoms with van der Waals surface area (Å²) in [4.78, 5) is 0. The first-order chi connectivity index (χ1) is 8.67. The van der Waals surface area contributed by atoms with Crippen LogP contribution in [0.2, 0.25) is 5.02 Å². The van der Waals surface area contributed by atoms with E-state index in [2.05, 4.69) is 23.6 Å². The molecular formula is C15H21ClN2. The Balaban J connectivity index is 1.78. The fraction of sp³-hybridized carbons (Fsp3) is 0.600. The predicted octanol–water partition coefficient (Wildman–Crippen LogP) is 4.37. The van der Waals surface area contributed by atoms with E-state index in [1.165, 1.54) is 31.4 Å². The zero-order chi connectivity index (χ0) is 12.6. The number of fused-ring (bicyclic) bond motifs is 1. The molecule has 1 aliphatic carbocycles. The monoisotopic (exact) mass is 264 g/mol. The minimum Gasteiger partial charge on any atom is -0.383 e. The third-order valence-electron chi connectivity index (χ3n) is 4.62. The van der Waals surface area contributed by atoms with Crippen LogP contribution in [0.1, 0.15) is 32.6 Å². The van der Waals surface area contributed by atoms with Crippen molar-refractivity contribution in [2.45, 2.75) is 32.6 Å². The van der Waals surface area contributed by atoms with Crippen molar-refractivity contribution in [1.82, 2.24) is 0 Å². The summed E-state index contributed by atoms with van der Waals surface area (Å²) in [7, 11) is 0. The highest BCUT2D eigenvalue weighted by Gasteiger charge is 2.35. The van der Waals surface area contributed by atoms with E-state index in [0.29, 0.717) is 5.41 Å². The number of hydrogen-bond donors (Lipinski definition) is 2. The summed E-state index contributed by atoms with van der Waals surface area (Å²) >= 11 is 6.06. The van der Waals surface area contributed by atoms with Gasteiger partial charge in [0, 0.05) is 23.5 Å². The predicted molar refractivity (Wildman–Crippen MR) is 78.5 cm³/mol. The van der Waals surface area contributed by atoms with Gasteiger partial charge in [-0.2, -0.15) is 0 Å². The Kier molecular flexibility index (Phi) is 3.14. The molecule has 18 heavy (non-hydrogen) atoms. The van der Waals surface area contributed by atoms with E-state index in [1.807, 2.05) is 12.1 Å². The highest BCUT2D eigenvalue weighted by molar-refractivity contribution is 6.31. The summed E-state index contributed by atoms with van der Waals surface area (Å²) in [5.74, 6) is 0.899. The van der Waals surface area contributed by atoms with Crippen LogP contribution in [-0.4, -0.2) is 13.1 Å². The third-order valence-corrected chi connectivity index (χ3v) is 4.86. The maximum atomic E-state index is 6.06. The fourth-order valence-corrected chi connectivity index (χ4v) is 3.34. The molecule has 1 saturated carbocycles. The molecule has 2 aliphatic rings. The number of halogens is 1. The molecule has 98 valence electrons. The van der Waals surface area contributed by atoms with Crippen LogP contribution in [0.15, 0.2) is 18.2 Å². The summed E-state index contributed by atoms with van der Waals surface area (Å²) in [6.07, 6.45) is 5.38. The second kappa shape index (κ2) is 4.65. The fourth-order valence-electron chi connectivity index (χ4n) is 3.17. The minimum absolute atomic E-state index is 0.429. The molecule has 0 bridgehead atoms. The van der Waals surface area contributed by atoms with Crippen molar-refractivity contribution in [2.24, 2.45) is 11.3 Å². The van der Waals surface area contributed by atoms with Crippen LogP contribution in [0, 0.1) is 11.3 Å². The molecule has 0 aromatic heterocycles. The molecule has 0 amide bonds. The Labute approximate surface area is 114 Å². The van der Waals surface area contributed by atoms with Gasteiger partial charge in [-0.1, -0.05) is 31.4 Å². The van der Waals surface area contributed by atoms with Crippen molar-refractivity contribution in [3.05, 3.63) is 23.2 Å². The quantitative estimate of drug-likeness (QED) is 0.727. The molecular weight excluding hydrogens is 244 g/mol. The normalized spacial score (nSPS) is 31.1. The summed E-state index contributed by atoms with van der Waals surface area (Å²) < 4.78 is 0. The highest BCUT2D eigenvalue weighted by atomic mass is 35.5. The van der Waals surface area contributed by atoms with E-state index < -0.39 is 0 Å². The van der Waals surface area contributed by atoms with Gasteiger partial charge in [-0.3, -0.25) is 0 Å². The molecule has 3 heteroatoms. The number of hydrogen-bond acceptors (Lipinski definition) is 2. The Morgan fingerprint density at radius 1 is 1.11 bits per heavy atom. The second-order valence-electron chi connectivity index (χ2n) is 6.08. The molecule has 1 heterocycles. The van der Waals surface area contributed by atoms with Crippen LogP contribution in [0.25, 0.3) is 0 Å². The molecule has 1 spiro atoms. The molecule has 0 unspecified atom stereocenters. The molecule has 1 aromatic rings. The van der Waals surface area contributed by atoms with Crippen molar-refractivity contribution < 1.29 is 0 Å². The highest BCUT2D eigenvalue weighted by Crippen LogP contribution is 2.41. The lowest BCUT2D eigenvalue weighted by Crippen LogP contribution is -2.38. The second-order valence-corrected chi connectivity index (χ2v) is 6.52. The van der Waals surface area contributed by atoms with Crippen molar-refractivity contribution >= 4 is 23.0 Å². The van der Waals surface area contributed by atoms with Crippen LogP contribution in [-0.2, 0) is 0 Å². The molecule has 2 nitrogen and oxygen atoms in total. The van der Waals surface area contributed by atoms with Crippen LogP contribution >= 0.6 is 11.6 Å². The van der Waals surface area contributed by atoms with Gasteiger partial charge >= 0.3 is 0 Å². The number of benzene rings is 1. The number of anilines is 2. The number of nitrogens with one attached hydrogen (secondary N) is 2. The maximum Gasteiger partial charge on any atom is 0.0591 e. The van der Waals surface area contributed by atoms with Gasteiger partial charge in [0.05, 0.1) is 11.4 Å². The Hall–Kier alpha value is -0.890. The van der Waals surface area contributed by atoms with Crippen molar-refractivity contribution in [1.29, 1.82) is 0 Å². The first kappa shape index (κ1) is 12.2. The SMILES string of the molecule is CC1CCC2(CC1)CNc1ccc(Cl)cc1NC2. The maximum absolute atomic E-state index is 6.06. The van der Waals surface area contributed by atoms with Gasteiger partial charge in [0.2, 0.25) is 0 Å². The van der Waals surface area contributed by atoms with Crippen LogP contribution < -0.4 is 10.6 Å². The van der Waals surface area contributed by atoms with Gasteiger partial charge in [-0.25, -0.2) is 0 Å². The van der Waals surface area contributed by atoms with Crippen LogP contribution in [0.5, 0.6) is 0 Å². The molecule has 0 atom stereocenters. The van der Waals surface area contributed by atoms with Gasteiger partial charge in [0.25, 0.3) is 0 Å². The Morgan fingerprint density at radius 2 is 1.78 bits per heavy atom.